The maximum Gasteiger partial charge on any atom is 0.320 e. The van der Waals surface area contributed by atoms with Gasteiger partial charge in [-0.3, -0.25) is 0 Å². The van der Waals surface area contributed by atoms with Gasteiger partial charge in [0.25, 0.3) is 0 Å². The number of carbonyl (C=O) groups excluding carboxylic acids is 1. The first-order valence-electron chi connectivity index (χ1n) is 8.66. The quantitative estimate of drug-likeness (QED) is 0.812. The Labute approximate surface area is 148 Å². The minimum atomic E-state index is -3.01. The maximum absolute atomic E-state index is 13.0. The summed E-state index contributed by atoms with van der Waals surface area (Å²) in [6.07, 6.45) is 0.525. The van der Waals surface area contributed by atoms with Crippen molar-refractivity contribution in [2.75, 3.05) is 49.1 Å². The number of rotatable bonds is 3. The molecule has 0 saturated carbocycles. The molecule has 1 aromatic carbocycles. The van der Waals surface area contributed by atoms with Crippen molar-refractivity contribution in [3.8, 4) is 0 Å². The van der Waals surface area contributed by atoms with E-state index in [-0.39, 0.29) is 29.4 Å². The van der Waals surface area contributed by atoms with E-state index in [1.807, 2.05) is 6.92 Å². The third-order valence-corrected chi connectivity index (χ3v) is 6.73. The number of hydrogen-bond donors (Lipinski definition) is 0. The average Bonchev–Trinajstić information content (AvgIpc) is 2.96. The molecule has 0 aromatic heterocycles. The molecule has 1 aromatic rings. The summed E-state index contributed by atoms with van der Waals surface area (Å²) in [7, 11) is -3.01. The lowest BCUT2D eigenvalue weighted by Gasteiger charge is -2.39. The molecule has 0 N–H and O–H groups in total. The van der Waals surface area contributed by atoms with E-state index in [2.05, 4.69) is 4.90 Å². The summed E-state index contributed by atoms with van der Waals surface area (Å²) in [6.45, 7) is 4.91. The summed E-state index contributed by atoms with van der Waals surface area (Å²) in [5.41, 5.74) is 0.947. The summed E-state index contributed by atoms with van der Waals surface area (Å²) in [6, 6.07) is 6.07. The largest absolute Gasteiger partial charge is 0.368 e. The Bertz CT molecular complexity index is 715. The lowest BCUT2D eigenvalue weighted by molar-refractivity contribution is 0.138. The Hall–Kier alpha value is -1.83. The summed E-state index contributed by atoms with van der Waals surface area (Å²) in [5, 5.41) is 0. The number of carbonyl (C=O) groups is 1. The molecular formula is C17H24FN3O3S. The molecule has 138 valence electrons. The van der Waals surface area contributed by atoms with Crippen LogP contribution in [0.25, 0.3) is 0 Å². The Morgan fingerprint density at radius 3 is 2.36 bits per heavy atom. The number of sulfone groups is 1. The monoisotopic (exact) mass is 369 g/mol. The fourth-order valence-electron chi connectivity index (χ4n) is 3.56. The van der Waals surface area contributed by atoms with Crippen molar-refractivity contribution in [3.05, 3.63) is 30.1 Å². The fourth-order valence-corrected chi connectivity index (χ4v) is 5.29. The van der Waals surface area contributed by atoms with Crippen LogP contribution in [-0.2, 0) is 9.84 Å². The van der Waals surface area contributed by atoms with E-state index in [0.717, 1.165) is 5.69 Å². The van der Waals surface area contributed by atoms with Gasteiger partial charge < -0.3 is 14.7 Å². The lowest BCUT2D eigenvalue weighted by atomic mass is 10.2. The van der Waals surface area contributed by atoms with Crippen LogP contribution in [0.1, 0.15) is 13.3 Å². The number of anilines is 1. The second kappa shape index (κ2) is 7.19. The van der Waals surface area contributed by atoms with Crippen LogP contribution in [0.2, 0.25) is 0 Å². The van der Waals surface area contributed by atoms with Crippen LogP contribution in [0.15, 0.2) is 24.3 Å². The SMILES string of the molecule is CCN(C(=O)N1CCN(c2ccc(F)cc2)CC1)C1CCS(=O)(=O)C1. The zero-order chi connectivity index (χ0) is 18.0. The van der Waals surface area contributed by atoms with E-state index in [4.69, 9.17) is 0 Å². The van der Waals surface area contributed by atoms with Gasteiger partial charge >= 0.3 is 6.03 Å². The molecule has 2 amide bonds. The highest BCUT2D eigenvalue weighted by Gasteiger charge is 2.36. The predicted octanol–water partition coefficient (Wildman–Crippen LogP) is 1.58. The zero-order valence-corrected chi connectivity index (χ0v) is 15.2. The number of hydrogen-bond acceptors (Lipinski definition) is 4. The molecule has 6 nitrogen and oxygen atoms in total. The Morgan fingerprint density at radius 1 is 1.20 bits per heavy atom. The normalized spacial score (nSPS) is 22.9. The maximum atomic E-state index is 13.0. The number of urea groups is 1. The van der Waals surface area contributed by atoms with Crippen LogP contribution < -0.4 is 4.90 Å². The first kappa shape index (κ1) is 18.0. The van der Waals surface area contributed by atoms with Gasteiger partial charge in [0.1, 0.15) is 5.82 Å². The Kier molecular flexibility index (Phi) is 5.17. The van der Waals surface area contributed by atoms with Gasteiger partial charge in [-0.2, -0.15) is 0 Å². The molecule has 2 aliphatic rings. The van der Waals surface area contributed by atoms with Gasteiger partial charge in [0.05, 0.1) is 11.5 Å². The summed E-state index contributed by atoms with van der Waals surface area (Å²) in [4.78, 5) is 18.4. The second-order valence-corrected chi connectivity index (χ2v) is 8.80. The molecule has 0 aliphatic carbocycles. The molecule has 0 bridgehead atoms. The number of benzene rings is 1. The van der Waals surface area contributed by atoms with Crippen LogP contribution in [0.5, 0.6) is 0 Å². The molecule has 2 saturated heterocycles. The highest BCUT2D eigenvalue weighted by Crippen LogP contribution is 2.21. The van der Waals surface area contributed by atoms with E-state index in [9.17, 15) is 17.6 Å². The minimum absolute atomic E-state index is 0.0716. The summed E-state index contributed by atoms with van der Waals surface area (Å²) >= 11 is 0. The van der Waals surface area contributed by atoms with Gasteiger partial charge in [-0.25, -0.2) is 17.6 Å². The van der Waals surface area contributed by atoms with Gasteiger partial charge in [-0.1, -0.05) is 0 Å². The van der Waals surface area contributed by atoms with Crippen molar-refractivity contribution in [1.29, 1.82) is 0 Å². The van der Waals surface area contributed by atoms with Crippen LogP contribution in [0, 0.1) is 5.82 Å². The minimum Gasteiger partial charge on any atom is -0.368 e. The zero-order valence-electron chi connectivity index (χ0n) is 14.4. The lowest BCUT2D eigenvalue weighted by Crippen LogP contribution is -2.55. The first-order chi connectivity index (χ1) is 11.9. The van der Waals surface area contributed by atoms with Gasteiger partial charge in [0.15, 0.2) is 9.84 Å². The highest BCUT2D eigenvalue weighted by molar-refractivity contribution is 7.91. The standard InChI is InChI=1S/C17H24FN3O3S/c1-2-21(16-7-12-25(23,24)13-16)17(22)20-10-8-19(9-11-20)15-5-3-14(18)4-6-15/h3-6,16H,2,7-13H2,1H3. The molecule has 2 heterocycles. The highest BCUT2D eigenvalue weighted by atomic mass is 32.2. The topological polar surface area (TPSA) is 60.9 Å². The van der Waals surface area contributed by atoms with Crippen molar-refractivity contribution < 1.29 is 17.6 Å². The Balaban J connectivity index is 1.59. The van der Waals surface area contributed by atoms with Crippen molar-refractivity contribution in [2.45, 2.75) is 19.4 Å². The fraction of sp³-hybridized carbons (Fsp3) is 0.588. The number of piperazine rings is 1. The van der Waals surface area contributed by atoms with E-state index >= 15 is 0 Å². The molecule has 25 heavy (non-hydrogen) atoms. The molecule has 1 unspecified atom stereocenters. The van der Waals surface area contributed by atoms with E-state index in [1.54, 1.807) is 21.9 Å². The molecule has 2 fully saturated rings. The van der Waals surface area contributed by atoms with Gasteiger partial charge in [0, 0.05) is 44.5 Å². The van der Waals surface area contributed by atoms with Crippen molar-refractivity contribution in [3.63, 3.8) is 0 Å². The first-order valence-corrected chi connectivity index (χ1v) is 10.5. The summed E-state index contributed by atoms with van der Waals surface area (Å²) < 4.78 is 36.4. The van der Waals surface area contributed by atoms with Crippen LogP contribution in [-0.4, -0.2) is 74.5 Å². The van der Waals surface area contributed by atoms with Gasteiger partial charge in [-0.05, 0) is 37.6 Å². The van der Waals surface area contributed by atoms with Gasteiger partial charge in [-0.15, -0.1) is 0 Å². The Morgan fingerprint density at radius 2 is 1.84 bits per heavy atom. The van der Waals surface area contributed by atoms with Crippen LogP contribution >= 0.6 is 0 Å². The molecule has 2 aliphatic heterocycles. The third-order valence-electron chi connectivity index (χ3n) is 4.98. The second-order valence-electron chi connectivity index (χ2n) is 6.58. The summed E-state index contributed by atoms with van der Waals surface area (Å²) in [5.74, 6) is -0.0234. The number of amides is 2. The average molecular weight is 369 g/mol. The van der Waals surface area contributed by atoms with Crippen molar-refractivity contribution in [1.82, 2.24) is 9.80 Å². The predicted molar refractivity (Wildman–Crippen MR) is 95.0 cm³/mol. The van der Waals surface area contributed by atoms with Crippen LogP contribution in [0.4, 0.5) is 14.9 Å². The molecule has 1 atom stereocenters. The van der Waals surface area contributed by atoms with Crippen molar-refractivity contribution >= 4 is 21.6 Å². The molecule has 0 spiro atoms. The molecule has 3 rings (SSSR count). The van der Waals surface area contributed by atoms with E-state index < -0.39 is 9.84 Å². The molecule has 0 radical (unpaired) electrons. The third kappa shape index (κ3) is 4.05. The molecular weight excluding hydrogens is 345 g/mol. The van der Waals surface area contributed by atoms with Crippen LogP contribution in [0.3, 0.4) is 0 Å². The van der Waals surface area contributed by atoms with Gasteiger partial charge in [0.2, 0.25) is 0 Å². The number of halogens is 1. The molecule has 8 heteroatoms. The van der Waals surface area contributed by atoms with E-state index in [0.29, 0.717) is 39.1 Å². The number of nitrogens with zero attached hydrogens (tertiary/aromatic N) is 3. The van der Waals surface area contributed by atoms with E-state index in [1.165, 1.54) is 12.1 Å². The smallest absolute Gasteiger partial charge is 0.320 e. The van der Waals surface area contributed by atoms with Crippen molar-refractivity contribution in [2.24, 2.45) is 0 Å².